The Morgan fingerprint density at radius 2 is 0.697 bits per heavy atom. The van der Waals surface area contributed by atoms with Crippen LogP contribution in [0.4, 0.5) is 22.7 Å². The summed E-state index contributed by atoms with van der Waals surface area (Å²) >= 11 is 0. The molecule has 2 aliphatic rings. The lowest BCUT2D eigenvalue weighted by atomic mass is 9.81. The zero-order valence-electron chi connectivity index (χ0n) is 38.5. The van der Waals surface area contributed by atoms with Gasteiger partial charge in [-0.05, 0) is 61.4 Å². The van der Waals surface area contributed by atoms with E-state index in [9.17, 15) is 39.6 Å². The van der Waals surface area contributed by atoms with Gasteiger partial charge in [-0.2, -0.15) is 0 Å². The number of anilines is 4. The van der Waals surface area contributed by atoms with Crippen LogP contribution in [0.1, 0.15) is 89.4 Å². The van der Waals surface area contributed by atoms with Crippen molar-refractivity contribution in [3.63, 3.8) is 0 Å². The average molecular weight is 907 g/mol. The molecule has 0 unspecified atom stereocenters. The minimum Gasteiger partial charge on any atom is -0.507 e. The summed E-state index contributed by atoms with van der Waals surface area (Å²) < 4.78 is 1.35. The van der Waals surface area contributed by atoms with Gasteiger partial charge in [-0.25, -0.2) is 0 Å². The van der Waals surface area contributed by atoms with E-state index in [0.29, 0.717) is 82.2 Å². The Balaban J connectivity index is 0.977. The van der Waals surface area contributed by atoms with E-state index < -0.39 is 23.1 Å². The van der Waals surface area contributed by atoms with Gasteiger partial charge in [-0.15, -0.1) is 0 Å². The highest BCUT2D eigenvalue weighted by molar-refractivity contribution is 6.34. The number of phenolic OH excluding ortho intramolecular Hbond substituents is 4. The van der Waals surface area contributed by atoms with E-state index in [4.69, 9.17) is 11.5 Å². The number of benzene rings is 4. The van der Waals surface area contributed by atoms with E-state index >= 15 is 0 Å². The maximum Gasteiger partial charge on any atom is 0.200 e. The molecular formula is C48H62N10O8+2. The molecule has 0 radical (unpaired) electrons. The third-order valence-corrected chi connectivity index (χ3v) is 11.3. The molecule has 18 heteroatoms. The summed E-state index contributed by atoms with van der Waals surface area (Å²) in [7, 11) is 12.2. The second-order valence-corrected chi connectivity index (χ2v) is 18.5. The number of aliphatic imine (C=N–C) groups is 2. The summed E-state index contributed by atoms with van der Waals surface area (Å²) in [6.45, 7) is 3.54. The van der Waals surface area contributed by atoms with Crippen LogP contribution in [-0.2, 0) is 0 Å². The van der Waals surface area contributed by atoms with Crippen LogP contribution in [0.5, 0.6) is 23.0 Å². The number of nitrogens with one attached hydrogen (secondary N) is 4. The number of phenols is 4. The van der Waals surface area contributed by atoms with Crippen molar-refractivity contribution in [2.45, 2.75) is 25.7 Å². The van der Waals surface area contributed by atoms with Gasteiger partial charge >= 0.3 is 0 Å². The van der Waals surface area contributed by atoms with Crippen molar-refractivity contribution in [2.75, 3.05) is 116 Å². The van der Waals surface area contributed by atoms with Gasteiger partial charge in [0.25, 0.3) is 0 Å². The highest BCUT2D eigenvalue weighted by atomic mass is 16.3. The van der Waals surface area contributed by atoms with Gasteiger partial charge in [0.05, 0.1) is 138 Å². The average Bonchev–Trinajstić information content (AvgIpc) is 3.24. The second-order valence-electron chi connectivity index (χ2n) is 18.5. The predicted molar refractivity (Wildman–Crippen MR) is 257 cm³/mol. The Hall–Kier alpha value is -7.18. The number of carbonyl (C=O) groups excluding carboxylic acids is 4. The normalized spacial score (nSPS) is 13.8. The third kappa shape index (κ3) is 10.8. The van der Waals surface area contributed by atoms with Crippen LogP contribution in [-0.4, -0.2) is 159 Å². The van der Waals surface area contributed by atoms with Crippen molar-refractivity contribution in [2.24, 2.45) is 21.5 Å². The van der Waals surface area contributed by atoms with Gasteiger partial charge in [-0.1, -0.05) is 0 Å². The molecular weight excluding hydrogens is 845 g/mol. The number of ketones is 4. The van der Waals surface area contributed by atoms with Gasteiger partial charge in [-0.3, -0.25) is 29.2 Å². The fourth-order valence-electron chi connectivity index (χ4n) is 7.92. The summed E-state index contributed by atoms with van der Waals surface area (Å²) in [5, 5.41) is 55.7. The smallest absolute Gasteiger partial charge is 0.200 e. The monoisotopic (exact) mass is 906 g/mol. The van der Waals surface area contributed by atoms with Crippen molar-refractivity contribution in [1.29, 1.82) is 0 Å². The molecule has 2 aliphatic carbocycles. The topological polar surface area (TPSA) is 274 Å². The summed E-state index contributed by atoms with van der Waals surface area (Å²) in [6, 6.07) is 11.6. The number of fused-ring (bicyclic) bond motifs is 4. The van der Waals surface area contributed by atoms with E-state index in [1.54, 1.807) is 12.1 Å². The molecule has 4 aromatic rings. The van der Waals surface area contributed by atoms with Crippen LogP contribution in [0.2, 0.25) is 0 Å². The number of amidine groups is 2. The molecule has 6 rings (SSSR count). The first-order chi connectivity index (χ1) is 31.2. The minimum absolute atomic E-state index is 0.0228. The van der Waals surface area contributed by atoms with Crippen molar-refractivity contribution in [3.05, 3.63) is 93.0 Å². The molecule has 0 fully saturated rings. The van der Waals surface area contributed by atoms with Crippen LogP contribution < -0.4 is 32.7 Å². The first kappa shape index (κ1) is 48.3. The highest BCUT2D eigenvalue weighted by Gasteiger charge is 2.39. The van der Waals surface area contributed by atoms with Crippen LogP contribution in [0, 0.1) is 0 Å². The molecule has 12 N–H and O–H groups in total. The number of quaternary nitrogens is 2. The van der Waals surface area contributed by atoms with E-state index in [2.05, 4.69) is 31.3 Å². The van der Waals surface area contributed by atoms with Gasteiger partial charge < -0.3 is 62.1 Å². The molecule has 0 saturated heterocycles. The molecule has 0 saturated carbocycles. The molecule has 0 spiro atoms. The number of hydrogen-bond donors (Lipinski definition) is 10. The van der Waals surface area contributed by atoms with Crippen LogP contribution >= 0.6 is 0 Å². The Morgan fingerprint density at radius 3 is 0.955 bits per heavy atom. The maximum atomic E-state index is 13.9. The first-order valence-electron chi connectivity index (χ1n) is 21.9. The van der Waals surface area contributed by atoms with Gasteiger partial charge in [0.15, 0.2) is 0 Å². The number of aromatic hydroxyl groups is 4. The number of carbonyl (C=O) groups is 4. The Bertz CT molecular complexity index is 2450. The largest absolute Gasteiger partial charge is 0.507 e. The molecule has 4 aromatic carbocycles. The highest BCUT2D eigenvalue weighted by Crippen LogP contribution is 2.44. The van der Waals surface area contributed by atoms with Crippen molar-refractivity contribution < 1.29 is 48.6 Å². The molecule has 0 aromatic heterocycles. The number of nitrogens with two attached hydrogens (primary N) is 2. The Labute approximate surface area is 384 Å². The van der Waals surface area contributed by atoms with Gasteiger partial charge in [0.1, 0.15) is 23.0 Å². The molecule has 0 amide bonds. The lowest BCUT2D eigenvalue weighted by Crippen LogP contribution is -2.38. The standard InChI is InChI=1S/C48H60N10O8/c1-57(2,3)25-23-53-29-13-17-33(61)43-39(29)47(65)41-31(59)15-11-27(37(41)45(43)63)51-19-21-55-35(49)9-7-8-10-36(50)56-22-20-52-28-12-16-32(60)42-38(28)46(64)44-34(62)18-14-30(40(44)48(42)66)54-24-26-58(4,5)6/h11-18H,7-10,19-26H2,1-6H3,(H10-2,49,50,51,52,53,54,55,56,59,60,61,62,63,64,65,66)/p+2. The first-order valence-corrected chi connectivity index (χ1v) is 21.9. The SMILES string of the molecule is C[N+](C)(C)CCNc1ccc(O)c2c1C(=O)c1c(O)ccc(NCCN=C(N)CCCCC(N)=NCCNc3ccc(O)c4c3C(=O)c3c(O)ccc(NCC[N+](C)(C)C)c3C4=O)c1C2=O. The lowest BCUT2D eigenvalue weighted by molar-refractivity contribution is -0.868. The summed E-state index contributed by atoms with van der Waals surface area (Å²) in [5.74, 6) is -2.78. The molecule has 18 nitrogen and oxygen atoms in total. The summed E-state index contributed by atoms with van der Waals surface area (Å²) in [5.41, 5.74) is 13.3. The lowest BCUT2D eigenvalue weighted by Gasteiger charge is -2.26. The van der Waals surface area contributed by atoms with E-state index in [-0.39, 0.29) is 93.7 Å². The molecule has 350 valence electrons. The van der Waals surface area contributed by atoms with Crippen molar-refractivity contribution in [3.8, 4) is 23.0 Å². The number of nitrogens with zero attached hydrogens (tertiary/aromatic N) is 4. The third-order valence-electron chi connectivity index (χ3n) is 11.3. The number of likely N-dealkylation sites (N-methyl/N-ethyl adjacent to an activating group) is 2. The van der Waals surface area contributed by atoms with Gasteiger partial charge in [0.2, 0.25) is 23.1 Å². The van der Waals surface area contributed by atoms with Crippen molar-refractivity contribution >= 4 is 57.6 Å². The van der Waals surface area contributed by atoms with E-state index in [1.165, 1.54) is 36.4 Å². The van der Waals surface area contributed by atoms with Crippen LogP contribution in [0.3, 0.4) is 0 Å². The molecule has 0 atom stereocenters. The molecule has 0 heterocycles. The predicted octanol–water partition coefficient (Wildman–Crippen LogP) is 4.09. The van der Waals surface area contributed by atoms with E-state index in [1.807, 2.05) is 42.3 Å². The Kier molecular flexibility index (Phi) is 14.6. The van der Waals surface area contributed by atoms with Crippen LogP contribution in [0.25, 0.3) is 0 Å². The summed E-state index contributed by atoms with van der Waals surface area (Å²) in [6.07, 6.45) is 2.38. The number of hydrogen-bond acceptors (Lipinski definition) is 14. The van der Waals surface area contributed by atoms with Crippen molar-refractivity contribution in [1.82, 2.24) is 0 Å². The molecule has 66 heavy (non-hydrogen) atoms. The summed E-state index contributed by atoms with van der Waals surface area (Å²) in [4.78, 5) is 64.3. The zero-order chi connectivity index (χ0) is 48.1. The number of unbranched alkanes of at least 4 members (excludes halogenated alkanes) is 1. The van der Waals surface area contributed by atoms with Gasteiger partial charge in [0, 0.05) is 48.7 Å². The van der Waals surface area contributed by atoms with E-state index in [0.717, 1.165) is 13.1 Å². The maximum absolute atomic E-state index is 13.9. The minimum atomic E-state index is -0.583. The zero-order valence-corrected chi connectivity index (χ0v) is 38.5. The fraction of sp³-hybridized carbons (Fsp3) is 0.375. The fourth-order valence-corrected chi connectivity index (χ4v) is 7.92. The second kappa shape index (κ2) is 19.9. The quantitative estimate of drug-likeness (QED) is 0.0160. The molecule has 0 bridgehead atoms. The Morgan fingerprint density at radius 1 is 0.439 bits per heavy atom. The molecule has 0 aliphatic heterocycles. The number of rotatable bonds is 21. The van der Waals surface area contributed by atoms with Crippen LogP contribution in [0.15, 0.2) is 58.5 Å².